The second kappa shape index (κ2) is 6.71. The van der Waals surface area contributed by atoms with Gasteiger partial charge in [-0.2, -0.15) is 0 Å². The standard InChI is InChI=1S/C15H29N3O/c1-12(2)14(18-9-7-17(3)8-10-18)11-16-15(19)13-5-4-6-13/h12-14H,4-11H2,1-3H3,(H,16,19). The molecule has 2 aliphatic rings. The molecule has 1 aliphatic carbocycles. The van der Waals surface area contributed by atoms with Crippen molar-refractivity contribution in [1.82, 2.24) is 15.1 Å². The minimum Gasteiger partial charge on any atom is -0.354 e. The van der Waals surface area contributed by atoms with Crippen LogP contribution in [0.4, 0.5) is 0 Å². The lowest BCUT2D eigenvalue weighted by atomic mass is 9.84. The predicted octanol–water partition coefficient (Wildman–Crippen LogP) is 1.17. The van der Waals surface area contributed by atoms with Gasteiger partial charge in [-0.3, -0.25) is 9.69 Å². The van der Waals surface area contributed by atoms with Crippen molar-refractivity contribution in [3.63, 3.8) is 0 Å². The molecule has 0 aromatic rings. The summed E-state index contributed by atoms with van der Waals surface area (Å²) in [6.45, 7) is 9.87. The summed E-state index contributed by atoms with van der Waals surface area (Å²) < 4.78 is 0. The third-order valence-electron chi connectivity index (χ3n) is 4.74. The molecular weight excluding hydrogens is 238 g/mol. The highest BCUT2D eigenvalue weighted by molar-refractivity contribution is 5.79. The quantitative estimate of drug-likeness (QED) is 0.812. The summed E-state index contributed by atoms with van der Waals surface area (Å²) >= 11 is 0. The van der Waals surface area contributed by atoms with Crippen LogP contribution in [0.1, 0.15) is 33.1 Å². The normalized spacial score (nSPS) is 24.2. The highest BCUT2D eigenvalue weighted by atomic mass is 16.1. The first kappa shape index (κ1) is 14.8. The van der Waals surface area contributed by atoms with Crippen LogP contribution in [-0.4, -0.2) is 61.5 Å². The van der Waals surface area contributed by atoms with E-state index in [4.69, 9.17) is 0 Å². The Morgan fingerprint density at radius 3 is 2.32 bits per heavy atom. The Kier molecular flexibility index (Phi) is 5.22. The van der Waals surface area contributed by atoms with E-state index in [0.717, 1.165) is 45.6 Å². The molecule has 0 radical (unpaired) electrons. The van der Waals surface area contributed by atoms with Crippen molar-refractivity contribution in [2.24, 2.45) is 11.8 Å². The molecule has 1 unspecified atom stereocenters. The SMILES string of the molecule is CC(C)C(CNC(=O)C1CCC1)N1CCN(C)CC1. The van der Waals surface area contributed by atoms with Crippen LogP contribution in [0.15, 0.2) is 0 Å². The smallest absolute Gasteiger partial charge is 0.223 e. The summed E-state index contributed by atoms with van der Waals surface area (Å²) in [5, 5.41) is 3.18. The first-order valence-electron chi connectivity index (χ1n) is 7.78. The number of rotatable bonds is 5. The van der Waals surface area contributed by atoms with E-state index in [1.807, 2.05) is 0 Å². The maximum absolute atomic E-state index is 11.9. The Balaban J connectivity index is 1.80. The van der Waals surface area contributed by atoms with Crippen molar-refractivity contribution in [2.45, 2.75) is 39.2 Å². The van der Waals surface area contributed by atoms with E-state index >= 15 is 0 Å². The lowest BCUT2D eigenvalue weighted by molar-refractivity contribution is -0.127. The first-order valence-corrected chi connectivity index (χ1v) is 7.78. The third kappa shape index (κ3) is 3.93. The lowest BCUT2D eigenvalue weighted by Crippen LogP contribution is -2.54. The van der Waals surface area contributed by atoms with Gasteiger partial charge < -0.3 is 10.2 Å². The largest absolute Gasteiger partial charge is 0.354 e. The molecule has 1 saturated heterocycles. The minimum atomic E-state index is 0.283. The molecule has 0 bridgehead atoms. The zero-order valence-electron chi connectivity index (χ0n) is 12.7. The molecule has 0 aromatic carbocycles. The lowest BCUT2D eigenvalue weighted by Gasteiger charge is -2.40. The summed E-state index contributed by atoms with van der Waals surface area (Å²) in [4.78, 5) is 16.9. The number of nitrogens with zero attached hydrogens (tertiary/aromatic N) is 2. The average molecular weight is 267 g/mol. The van der Waals surface area contributed by atoms with E-state index < -0.39 is 0 Å². The number of amides is 1. The average Bonchev–Trinajstić information content (AvgIpc) is 2.29. The zero-order valence-corrected chi connectivity index (χ0v) is 12.7. The molecule has 2 rings (SSSR count). The Morgan fingerprint density at radius 2 is 1.84 bits per heavy atom. The molecule has 1 saturated carbocycles. The Labute approximate surface area is 117 Å². The molecule has 4 nitrogen and oxygen atoms in total. The van der Waals surface area contributed by atoms with Crippen LogP contribution in [0.2, 0.25) is 0 Å². The molecule has 1 N–H and O–H groups in total. The maximum atomic E-state index is 11.9. The summed E-state index contributed by atoms with van der Waals surface area (Å²) in [7, 11) is 2.18. The molecule has 1 atom stereocenters. The van der Waals surface area contributed by atoms with Crippen LogP contribution >= 0.6 is 0 Å². The molecule has 110 valence electrons. The number of hydrogen-bond donors (Lipinski definition) is 1. The second-order valence-electron chi connectivity index (χ2n) is 6.52. The molecule has 4 heteroatoms. The molecule has 0 aromatic heterocycles. The van der Waals surface area contributed by atoms with Crippen LogP contribution in [0.5, 0.6) is 0 Å². The van der Waals surface area contributed by atoms with E-state index in [9.17, 15) is 4.79 Å². The fourth-order valence-electron chi connectivity index (χ4n) is 2.96. The molecule has 1 heterocycles. The Hall–Kier alpha value is -0.610. The summed E-state index contributed by atoms with van der Waals surface area (Å²) in [6, 6.07) is 0.484. The van der Waals surface area contributed by atoms with Crippen LogP contribution in [0.25, 0.3) is 0 Å². The number of carbonyl (C=O) groups excluding carboxylic acids is 1. The van der Waals surface area contributed by atoms with Crippen molar-refractivity contribution in [1.29, 1.82) is 0 Å². The van der Waals surface area contributed by atoms with Gasteiger partial charge in [0.25, 0.3) is 0 Å². The Morgan fingerprint density at radius 1 is 1.21 bits per heavy atom. The van der Waals surface area contributed by atoms with Crippen LogP contribution in [0.3, 0.4) is 0 Å². The van der Waals surface area contributed by atoms with Gasteiger partial charge in [0.1, 0.15) is 0 Å². The number of piperazine rings is 1. The van der Waals surface area contributed by atoms with Crippen LogP contribution in [0, 0.1) is 11.8 Å². The third-order valence-corrected chi connectivity index (χ3v) is 4.74. The van der Waals surface area contributed by atoms with Crippen molar-refractivity contribution in [2.75, 3.05) is 39.8 Å². The van der Waals surface area contributed by atoms with Gasteiger partial charge in [0, 0.05) is 44.7 Å². The summed E-state index contributed by atoms with van der Waals surface area (Å²) in [5.74, 6) is 1.18. The van der Waals surface area contributed by atoms with Crippen molar-refractivity contribution in [3.05, 3.63) is 0 Å². The van der Waals surface area contributed by atoms with Gasteiger partial charge in [-0.15, -0.1) is 0 Å². The van der Waals surface area contributed by atoms with Crippen LogP contribution < -0.4 is 5.32 Å². The predicted molar refractivity (Wildman–Crippen MR) is 78.0 cm³/mol. The van der Waals surface area contributed by atoms with E-state index in [-0.39, 0.29) is 5.91 Å². The number of hydrogen-bond acceptors (Lipinski definition) is 3. The van der Waals surface area contributed by atoms with Crippen molar-refractivity contribution in [3.8, 4) is 0 Å². The van der Waals surface area contributed by atoms with Crippen LogP contribution in [-0.2, 0) is 4.79 Å². The van der Waals surface area contributed by atoms with E-state index in [1.54, 1.807) is 0 Å². The van der Waals surface area contributed by atoms with Gasteiger partial charge in [-0.25, -0.2) is 0 Å². The number of likely N-dealkylation sites (N-methyl/N-ethyl adjacent to an activating group) is 1. The molecule has 1 aliphatic heterocycles. The fourth-order valence-corrected chi connectivity index (χ4v) is 2.96. The van der Waals surface area contributed by atoms with E-state index in [1.165, 1.54) is 6.42 Å². The maximum Gasteiger partial charge on any atom is 0.223 e. The Bertz CT molecular complexity index is 294. The summed E-state index contributed by atoms with van der Waals surface area (Å²) in [6.07, 6.45) is 3.41. The zero-order chi connectivity index (χ0) is 13.8. The first-order chi connectivity index (χ1) is 9.08. The van der Waals surface area contributed by atoms with Gasteiger partial charge in [0.2, 0.25) is 5.91 Å². The topological polar surface area (TPSA) is 35.6 Å². The molecular formula is C15H29N3O. The second-order valence-corrected chi connectivity index (χ2v) is 6.52. The molecule has 19 heavy (non-hydrogen) atoms. The van der Waals surface area contributed by atoms with Gasteiger partial charge in [0.05, 0.1) is 0 Å². The minimum absolute atomic E-state index is 0.283. The number of carbonyl (C=O) groups is 1. The summed E-state index contributed by atoms with van der Waals surface area (Å²) in [5.41, 5.74) is 0. The molecule has 0 spiro atoms. The van der Waals surface area contributed by atoms with Gasteiger partial charge in [0.15, 0.2) is 0 Å². The highest BCUT2D eigenvalue weighted by Crippen LogP contribution is 2.26. The fraction of sp³-hybridized carbons (Fsp3) is 0.933. The van der Waals surface area contributed by atoms with E-state index in [0.29, 0.717) is 17.9 Å². The monoisotopic (exact) mass is 267 g/mol. The highest BCUT2D eigenvalue weighted by Gasteiger charge is 2.28. The van der Waals surface area contributed by atoms with Gasteiger partial charge in [-0.05, 0) is 25.8 Å². The van der Waals surface area contributed by atoms with E-state index in [2.05, 4.69) is 36.0 Å². The van der Waals surface area contributed by atoms with Gasteiger partial charge >= 0.3 is 0 Å². The van der Waals surface area contributed by atoms with Crippen molar-refractivity contribution >= 4 is 5.91 Å². The molecule has 1 amide bonds. The number of nitrogens with one attached hydrogen (secondary N) is 1. The molecule has 2 fully saturated rings. The van der Waals surface area contributed by atoms with Gasteiger partial charge in [-0.1, -0.05) is 20.3 Å². The van der Waals surface area contributed by atoms with Crippen molar-refractivity contribution < 1.29 is 4.79 Å².